The molecule has 0 aliphatic heterocycles. The molecule has 0 aliphatic rings. The van der Waals surface area contributed by atoms with Crippen molar-refractivity contribution in [2.75, 3.05) is 0 Å². The quantitative estimate of drug-likeness (QED) is 0.555. The van der Waals surface area contributed by atoms with Gasteiger partial charge < -0.3 is 5.32 Å². The van der Waals surface area contributed by atoms with Gasteiger partial charge in [-0.2, -0.15) is 5.10 Å². The van der Waals surface area contributed by atoms with Crippen LogP contribution in [0.4, 0.5) is 4.39 Å². The SMILES string of the molecule is O=C(NCc1csc(-c2cnccn2)n1)c1cn[nH]c1-c1cccc(F)c1. The second kappa shape index (κ2) is 7.42. The highest BCUT2D eigenvalue weighted by Gasteiger charge is 2.16. The van der Waals surface area contributed by atoms with Crippen LogP contribution in [0.5, 0.6) is 0 Å². The molecule has 0 fully saturated rings. The predicted octanol–water partition coefficient (Wildman–Crippen LogP) is 3.06. The molecule has 0 aliphatic carbocycles. The minimum atomic E-state index is -0.382. The molecular formula is C18H13FN6OS. The molecule has 1 aromatic carbocycles. The van der Waals surface area contributed by atoms with Crippen molar-refractivity contribution >= 4 is 17.2 Å². The molecule has 7 nitrogen and oxygen atoms in total. The lowest BCUT2D eigenvalue weighted by Crippen LogP contribution is -2.23. The average molecular weight is 380 g/mol. The molecule has 1 amide bonds. The van der Waals surface area contributed by atoms with Gasteiger partial charge in [0.1, 0.15) is 16.5 Å². The zero-order valence-electron chi connectivity index (χ0n) is 13.9. The van der Waals surface area contributed by atoms with Gasteiger partial charge in [-0.05, 0) is 12.1 Å². The van der Waals surface area contributed by atoms with E-state index in [1.54, 1.807) is 30.7 Å². The lowest BCUT2D eigenvalue weighted by atomic mass is 10.1. The van der Waals surface area contributed by atoms with Crippen molar-refractivity contribution in [3.63, 3.8) is 0 Å². The fourth-order valence-corrected chi connectivity index (χ4v) is 3.28. The summed E-state index contributed by atoms with van der Waals surface area (Å²) in [5.74, 6) is -0.704. The number of H-pyrrole nitrogens is 1. The third kappa shape index (κ3) is 3.72. The van der Waals surface area contributed by atoms with E-state index in [-0.39, 0.29) is 18.3 Å². The van der Waals surface area contributed by atoms with Crippen LogP contribution in [0.25, 0.3) is 22.0 Å². The minimum absolute atomic E-state index is 0.253. The largest absolute Gasteiger partial charge is 0.346 e. The van der Waals surface area contributed by atoms with Gasteiger partial charge in [-0.3, -0.25) is 19.9 Å². The minimum Gasteiger partial charge on any atom is -0.346 e. The first kappa shape index (κ1) is 17.0. The average Bonchev–Trinajstić information content (AvgIpc) is 3.36. The first-order chi connectivity index (χ1) is 13.2. The zero-order chi connectivity index (χ0) is 18.6. The Kier molecular flexibility index (Phi) is 4.67. The van der Waals surface area contributed by atoms with E-state index < -0.39 is 0 Å². The maximum atomic E-state index is 13.5. The Labute approximate surface area is 157 Å². The van der Waals surface area contributed by atoms with Crippen LogP contribution in [-0.2, 0) is 6.54 Å². The van der Waals surface area contributed by atoms with Gasteiger partial charge in [-0.15, -0.1) is 11.3 Å². The van der Waals surface area contributed by atoms with Crippen LogP contribution < -0.4 is 5.32 Å². The number of nitrogens with one attached hydrogen (secondary N) is 2. The third-order valence-corrected chi connectivity index (χ3v) is 4.67. The lowest BCUT2D eigenvalue weighted by molar-refractivity contribution is 0.0951. The number of rotatable bonds is 5. The number of aromatic amines is 1. The van der Waals surface area contributed by atoms with Crippen molar-refractivity contribution in [3.05, 3.63) is 71.5 Å². The number of halogens is 1. The molecule has 0 radical (unpaired) electrons. The normalized spacial score (nSPS) is 10.7. The van der Waals surface area contributed by atoms with Gasteiger partial charge in [-0.25, -0.2) is 9.37 Å². The fourth-order valence-electron chi connectivity index (χ4n) is 2.50. The molecule has 134 valence electrons. The molecule has 2 N–H and O–H groups in total. The molecule has 0 saturated carbocycles. The number of hydrogen-bond acceptors (Lipinski definition) is 6. The number of nitrogens with zero attached hydrogens (tertiary/aromatic N) is 4. The summed E-state index contributed by atoms with van der Waals surface area (Å²) in [6.45, 7) is 0.253. The molecule has 3 heterocycles. The summed E-state index contributed by atoms with van der Waals surface area (Å²) >= 11 is 1.43. The van der Waals surface area contributed by atoms with Crippen molar-refractivity contribution in [1.29, 1.82) is 0 Å². The molecule has 27 heavy (non-hydrogen) atoms. The van der Waals surface area contributed by atoms with Gasteiger partial charge in [0, 0.05) is 23.3 Å². The Bertz CT molecular complexity index is 1080. The summed E-state index contributed by atoms with van der Waals surface area (Å²) in [5, 5.41) is 12.1. The summed E-state index contributed by atoms with van der Waals surface area (Å²) in [6.07, 6.45) is 6.25. The summed E-state index contributed by atoms with van der Waals surface area (Å²) < 4.78 is 13.5. The highest BCUT2D eigenvalue weighted by atomic mass is 32.1. The smallest absolute Gasteiger partial charge is 0.255 e. The van der Waals surface area contributed by atoms with Crippen molar-refractivity contribution in [2.24, 2.45) is 0 Å². The number of carbonyl (C=O) groups is 1. The molecule has 0 unspecified atom stereocenters. The number of thiazole rings is 1. The van der Waals surface area contributed by atoms with Gasteiger partial charge in [0.2, 0.25) is 0 Å². The Morgan fingerprint density at radius 2 is 2.19 bits per heavy atom. The maximum absolute atomic E-state index is 13.5. The number of hydrogen-bond donors (Lipinski definition) is 2. The van der Waals surface area contributed by atoms with E-state index >= 15 is 0 Å². The third-order valence-electron chi connectivity index (χ3n) is 3.76. The number of aromatic nitrogens is 5. The topological polar surface area (TPSA) is 96.5 Å². The second-order valence-electron chi connectivity index (χ2n) is 5.59. The van der Waals surface area contributed by atoms with Crippen molar-refractivity contribution < 1.29 is 9.18 Å². The van der Waals surface area contributed by atoms with E-state index in [1.165, 1.54) is 29.7 Å². The van der Waals surface area contributed by atoms with Crippen molar-refractivity contribution in [1.82, 2.24) is 30.5 Å². The van der Waals surface area contributed by atoms with E-state index in [9.17, 15) is 9.18 Å². The van der Waals surface area contributed by atoms with Gasteiger partial charge >= 0.3 is 0 Å². The first-order valence-electron chi connectivity index (χ1n) is 7.99. The van der Waals surface area contributed by atoms with Crippen LogP contribution in [0, 0.1) is 5.82 Å². The fraction of sp³-hybridized carbons (Fsp3) is 0.0556. The Morgan fingerprint density at radius 1 is 1.26 bits per heavy atom. The van der Waals surface area contributed by atoms with Gasteiger partial charge in [0.25, 0.3) is 5.91 Å². The Morgan fingerprint density at radius 3 is 3.00 bits per heavy atom. The molecule has 0 spiro atoms. The molecule has 0 atom stereocenters. The van der Waals surface area contributed by atoms with E-state index in [0.717, 1.165) is 5.01 Å². The summed E-state index contributed by atoms with van der Waals surface area (Å²) in [6, 6.07) is 5.98. The van der Waals surface area contributed by atoms with Crippen molar-refractivity contribution in [3.8, 4) is 22.0 Å². The molecule has 9 heteroatoms. The van der Waals surface area contributed by atoms with Crippen molar-refractivity contribution in [2.45, 2.75) is 6.54 Å². The highest BCUT2D eigenvalue weighted by Crippen LogP contribution is 2.23. The van der Waals surface area contributed by atoms with E-state index in [2.05, 4.69) is 30.5 Å². The van der Waals surface area contributed by atoms with E-state index in [0.29, 0.717) is 28.2 Å². The zero-order valence-corrected chi connectivity index (χ0v) is 14.7. The summed E-state index contributed by atoms with van der Waals surface area (Å²) in [7, 11) is 0. The van der Waals surface area contributed by atoms with Crippen LogP contribution >= 0.6 is 11.3 Å². The molecule has 0 bridgehead atoms. The number of carbonyl (C=O) groups excluding carboxylic acids is 1. The lowest BCUT2D eigenvalue weighted by Gasteiger charge is -2.05. The molecule has 4 aromatic rings. The first-order valence-corrected chi connectivity index (χ1v) is 8.87. The molecule has 4 rings (SSSR count). The number of benzene rings is 1. The summed E-state index contributed by atoms with van der Waals surface area (Å²) in [4.78, 5) is 25.2. The van der Waals surface area contributed by atoms with Crippen LogP contribution in [0.2, 0.25) is 0 Å². The van der Waals surface area contributed by atoms with Crippen LogP contribution in [-0.4, -0.2) is 31.1 Å². The van der Waals surface area contributed by atoms with E-state index in [4.69, 9.17) is 0 Å². The van der Waals surface area contributed by atoms with Gasteiger partial charge in [0.15, 0.2) is 0 Å². The number of amides is 1. The highest BCUT2D eigenvalue weighted by molar-refractivity contribution is 7.13. The Hall–Kier alpha value is -3.46. The van der Waals surface area contributed by atoms with Crippen LogP contribution in [0.3, 0.4) is 0 Å². The van der Waals surface area contributed by atoms with E-state index in [1.807, 2.05) is 5.38 Å². The molecule has 3 aromatic heterocycles. The molecular weight excluding hydrogens is 367 g/mol. The van der Waals surface area contributed by atoms with Crippen LogP contribution in [0.1, 0.15) is 16.1 Å². The monoisotopic (exact) mass is 380 g/mol. The molecule has 0 saturated heterocycles. The van der Waals surface area contributed by atoms with Gasteiger partial charge in [0.05, 0.1) is 35.9 Å². The van der Waals surface area contributed by atoms with Crippen LogP contribution in [0.15, 0.2) is 54.4 Å². The maximum Gasteiger partial charge on any atom is 0.255 e. The Balaban J connectivity index is 1.47. The summed E-state index contributed by atoms with van der Waals surface area (Å²) in [5.41, 5.74) is 2.75. The van der Waals surface area contributed by atoms with Gasteiger partial charge in [-0.1, -0.05) is 12.1 Å². The second-order valence-corrected chi connectivity index (χ2v) is 6.44. The predicted molar refractivity (Wildman–Crippen MR) is 98.3 cm³/mol. The standard InChI is InChI=1S/C18H13FN6OS/c19-12-3-1-2-11(6-12)16-14(8-23-25-16)17(26)22-7-13-10-27-18(24-13)15-9-20-4-5-21-15/h1-6,8-10H,7H2,(H,22,26)(H,23,25).